The summed E-state index contributed by atoms with van der Waals surface area (Å²) < 4.78 is 6.70. The predicted molar refractivity (Wildman–Crippen MR) is 69.7 cm³/mol. The molecule has 0 radical (unpaired) electrons. The summed E-state index contributed by atoms with van der Waals surface area (Å²) in [5.74, 6) is 0.735. The highest BCUT2D eigenvalue weighted by Crippen LogP contribution is 2.15. The largest absolute Gasteiger partial charge is 0.361 e. The Bertz CT molecular complexity index is 567. The van der Waals surface area contributed by atoms with Gasteiger partial charge in [0.1, 0.15) is 5.76 Å². The molecule has 0 fully saturated rings. The molecule has 0 aliphatic rings. The summed E-state index contributed by atoms with van der Waals surface area (Å²) in [6.45, 7) is 4.15. The van der Waals surface area contributed by atoms with Crippen LogP contribution in [0.5, 0.6) is 0 Å². The summed E-state index contributed by atoms with van der Waals surface area (Å²) in [4.78, 5) is 13.6. The Kier molecular flexibility index (Phi) is 3.55. The van der Waals surface area contributed by atoms with E-state index in [-0.39, 0.29) is 6.03 Å². The van der Waals surface area contributed by atoms with Crippen molar-refractivity contribution in [3.63, 3.8) is 0 Å². The van der Waals surface area contributed by atoms with Gasteiger partial charge in [-0.05, 0) is 13.8 Å². The number of anilines is 1. The lowest BCUT2D eigenvalue weighted by molar-refractivity contribution is 0.220. The predicted octanol–water partition coefficient (Wildman–Crippen LogP) is 1.69. The van der Waals surface area contributed by atoms with Gasteiger partial charge in [-0.1, -0.05) is 5.16 Å². The number of amides is 2. The molecule has 0 aromatic carbocycles. The van der Waals surface area contributed by atoms with Crippen LogP contribution in [0, 0.1) is 13.8 Å². The van der Waals surface area contributed by atoms with Crippen molar-refractivity contribution < 1.29 is 9.32 Å². The number of urea groups is 1. The van der Waals surface area contributed by atoms with Gasteiger partial charge in [-0.3, -0.25) is 4.68 Å². The molecule has 2 amide bonds. The molecule has 0 bridgehead atoms. The van der Waals surface area contributed by atoms with Gasteiger partial charge in [-0.15, -0.1) is 0 Å². The average molecular weight is 263 g/mol. The van der Waals surface area contributed by atoms with Crippen LogP contribution < -0.4 is 5.32 Å². The Morgan fingerprint density at radius 3 is 2.79 bits per heavy atom. The highest BCUT2D eigenvalue weighted by molar-refractivity contribution is 5.88. The molecule has 2 rings (SSSR count). The molecular weight excluding hydrogens is 246 g/mol. The van der Waals surface area contributed by atoms with E-state index >= 15 is 0 Å². The quantitative estimate of drug-likeness (QED) is 0.914. The second-order valence-electron chi connectivity index (χ2n) is 4.49. The standard InChI is InChI=1S/C12H17N5O2/c1-8-11(9(2)19-15-8)7-16(3)12(18)14-10-5-13-17(4)6-10/h5-6H,7H2,1-4H3,(H,14,18). The maximum Gasteiger partial charge on any atom is 0.321 e. The smallest absolute Gasteiger partial charge is 0.321 e. The summed E-state index contributed by atoms with van der Waals surface area (Å²) in [6, 6.07) is -0.201. The molecule has 0 unspecified atom stereocenters. The van der Waals surface area contributed by atoms with Crippen molar-refractivity contribution in [3.8, 4) is 0 Å². The van der Waals surface area contributed by atoms with E-state index < -0.39 is 0 Å². The van der Waals surface area contributed by atoms with Gasteiger partial charge in [0.2, 0.25) is 0 Å². The van der Waals surface area contributed by atoms with Crippen molar-refractivity contribution in [1.82, 2.24) is 19.8 Å². The van der Waals surface area contributed by atoms with Crippen LogP contribution in [0.4, 0.5) is 10.5 Å². The summed E-state index contributed by atoms with van der Waals surface area (Å²) >= 11 is 0. The fraction of sp³-hybridized carbons (Fsp3) is 0.417. The summed E-state index contributed by atoms with van der Waals surface area (Å²) in [5, 5.41) is 10.6. The number of hydrogen-bond donors (Lipinski definition) is 1. The first-order valence-corrected chi connectivity index (χ1v) is 5.90. The van der Waals surface area contributed by atoms with Crippen LogP contribution in [-0.2, 0) is 13.6 Å². The number of aromatic nitrogens is 3. The lowest BCUT2D eigenvalue weighted by atomic mass is 10.2. The first-order chi connectivity index (χ1) is 8.97. The van der Waals surface area contributed by atoms with Gasteiger partial charge in [0, 0.05) is 25.9 Å². The zero-order valence-electron chi connectivity index (χ0n) is 11.5. The lowest BCUT2D eigenvalue weighted by Crippen LogP contribution is -2.31. The number of rotatable bonds is 3. The molecule has 102 valence electrons. The molecule has 2 heterocycles. The van der Waals surface area contributed by atoms with E-state index in [2.05, 4.69) is 15.6 Å². The van der Waals surface area contributed by atoms with E-state index in [1.807, 2.05) is 13.8 Å². The molecule has 19 heavy (non-hydrogen) atoms. The van der Waals surface area contributed by atoms with Crippen molar-refractivity contribution in [2.45, 2.75) is 20.4 Å². The monoisotopic (exact) mass is 263 g/mol. The Morgan fingerprint density at radius 2 is 2.26 bits per heavy atom. The van der Waals surface area contributed by atoms with Crippen LogP contribution in [0.15, 0.2) is 16.9 Å². The molecule has 0 saturated heterocycles. The minimum Gasteiger partial charge on any atom is -0.361 e. The van der Waals surface area contributed by atoms with Crippen molar-refractivity contribution >= 4 is 11.7 Å². The molecule has 0 aliphatic heterocycles. The van der Waals surface area contributed by atoms with Gasteiger partial charge in [-0.2, -0.15) is 5.10 Å². The Morgan fingerprint density at radius 1 is 1.53 bits per heavy atom. The zero-order valence-corrected chi connectivity index (χ0v) is 11.5. The van der Waals surface area contributed by atoms with Gasteiger partial charge in [-0.25, -0.2) is 4.79 Å². The van der Waals surface area contributed by atoms with Crippen LogP contribution in [0.2, 0.25) is 0 Å². The third kappa shape index (κ3) is 2.93. The number of carbonyl (C=O) groups excluding carboxylic acids is 1. The Balaban J connectivity index is 2.00. The topological polar surface area (TPSA) is 76.2 Å². The van der Waals surface area contributed by atoms with E-state index in [9.17, 15) is 4.79 Å². The molecule has 0 saturated carbocycles. The molecule has 0 aliphatic carbocycles. The van der Waals surface area contributed by atoms with Crippen LogP contribution in [-0.4, -0.2) is 32.9 Å². The third-order valence-electron chi connectivity index (χ3n) is 2.88. The summed E-state index contributed by atoms with van der Waals surface area (Å²) in [7, 11) is 3.51. The van der Waals surface area contributed by atoms with Crippen molar-refractivity contribution in [2.75, 3.05) is 12.4 Å². The molecule has 7 heteroatoms. The van der Waals surface area contributed by atoms with Gasteiger partial charge >= 0.3 is 6.03 Å². The maximum atomic E-state index is 12.0. The number of nitrogens with zero attached hydrogens (tertiary/aromatic N) is 4. The molecule has 1 N–H and O–H groups in total. The van der Waals surface area contributed by atoms with Gasteiger partial charge in [0.05, 0.1) is 24.1 Å². The maximum absolute atomic E-state index is 12.0. The molecule has 0 atom stereocenters. The summed E-state index contributed by atoms with van der Waals surface area (Å²) in [6.07, 6.45) is 3.34. The number of carbonyl (C=O) groups is 1. The second kappa shape index (κ2) is 5.13. The first-order valence-electron chi connectivity index (χ1n) is 5.90. The Labute approximate surface area is 111 Å². The normalized spacial score (nSPS) is 10.5. The molecule has 0 spiro atoms. The van der Waals surface area contributed by atoms with E-state index in [0.717, 1.165) is 17.0 Å². The van der Waals surface area contributed by atoms with Crippen molar-refractivity contribution in [3.05, 3.63) is 29.4 Å². The molecule has 2 aromatic rings. The number of nitrogens with one attached hydrogen (secondary N) is 1. The minimum atomic E-state index is -0.201. The number of hydrogen-bond acceptors (Lipinski definition) is 4. The van der Waals surface area contributed by atoms with E-state index in [1.165, 1.54) is 0 Å². The summed E-state index contributed by atoms with van der Waals surface area (Å²) in [5.41, 5.74) is 2.40. The van der Waals surface area contributed by atoms with Crippen molar-refractivity contribution in [2.24, 2.45) is 7.05 Å². The number of aryl methyl sites for hydroxylation is 3. The average Bonchev–Trinajstić information content (AvgIpc) is 2.89. The minimum absolute atomic E-state index is 0.201. The van der Waals surface area contributed by atoms with Crippen LogP contribution in [0.1, 0.15) is 17.0 Å². The van der Waals surface area contributed by atoms with Crippen LogP contribution >= 0.6 is 0 Å². The Hall–Kier alpha value is -2.31. The van der Waals surface area contributed by atoms with Gasteiger partial charge < -0.3 is 14.7 Å². The van der Waals surface area contributed by atoms with E-state index in [4.69, 9.17) is 4.52 Å². The second-order valence-corrected chi connectivity index (χ2v) is 4.49. The zero-order chi connectivity index (χ0) is 14.0. The first kappa shape index (κ1) is 13.1. The molecule has 7 nitrogen and oxygen atoms in total. The van der Waals surface area contributed by atoms with Gasteiger partial charge in [0.25, 0.3) is 0 Å². The van der Waals surface area contributed by atoms with E-state index in [0.29, 0.717) is 12.2 Å². The SMILES string of the molecule is Cc1noc(C)c1CN(C)C(=O)Nc1cnn(C)c1. The van der Waals surface area contributed by atoms with Crippen LogP contribution in [0.3, 0.4) is 0 Å². The third-order valence-corrected chi connectivity index (χ3v) is 2.88. The van der Waals surface area contributed by atoms with E-state index in [1.54, 1.807) is 36.1 Å². The molecule has 2 aromatic heterocycles. The highest BCUT2D eigenvalue weighted by atomic mass is 16.5. The lowest BCUT2D eigenvalue weighted by Gasteiger charge is -2.17. The molecular formula is C12H17N5O2. The fourth-order valence-corrected chi connectivity index (χ4v) is 1.74. The van der Waals surface area contributed by atoms with Crippen molar-refractivity contribution in [1.29, 1.82) is 0 Å². The fourth-order valence-electron chi connectivity index (χ4n) is 1.74. The highest BCUT2D eigenvalue weighted by Gasteiger charge is 2.15. The van der Waals surface area contributed by atoms with Gasteiger partial charge in [0.15, 0.2) is 0 Å². The van der Waals surface area contributed by atoms with Crippen LogP contribution in [0.25, 0.3) is 0 Å².